The summed E-state index contributed by atoms with van der Waals surface area (Å²) in [6, 6.07) is 67.6. The lowest BCUT2D eigenvalue weighted by Gasteiger charge is -2.09. The van der Waals surface area contributed by atoms with Crippen LogP contribution in [0.4, 0.5) is 0 Å². The van der Waals surface area contributed by atoms with E-state index >= 15 is 0 Å². The lowest BCUT2D eigenvalue weighted by molar-refractivity contribution is 0.667. The molecule has 0 fully saturated rings. The van der Waals surface area contributed by atoms with Gasteiger partial charge >= 0.3 is 0 Å². The molecule has 0 amide bonds. The number of aromatic nitrogens is 5. The third-order valence-electron chi connectivity index (χ3n) is 11.4. The standard InChI is InChI=1S/C55H33N5O2/c1-5-15-34(16-6-1)35-27-29-39(30-28-35)54-58-53(38-21-11-4-12-22-38)59-55(60-54)45-26-14-25-43-42-24-13-23-41(49(42)62-50(43)45)40-31-32-44-46(33-40)61-51-47(36-17-7-2-8-18-36)56-52(57-48(44)51)37-19-9-3-10-20-37/h1-33H. The molecule has 0 aliphatic carbocycles. The molecule has 0 aliphatic heterocycles. The fraction of sp³-hybridized carbons (Fsp3) is 0. The fourth-order valence-corrected chi connectivity index (χ4v) is 8.33. The van der Waals surface area contributed by atoms with Crippen molar-refractivity contribution in [1.29, 1.82) is 0 Å². The Morgan fingerprint density at radius 3 is 1.37 bits per heavy atom. The summed E-state index contributed by atoms with van der Waals surface area (Å²) >= 11 is 0. The number of rotatable bonds is 7. The molecule has 0 saturated carbocycles. The molecule has 0 saturated heterocycles. The van der Waals surface area contributed by atoms with Gasteiger partial charge < -0.3 is 8.83 Å². The summed E-state index contributed by atoms with van der Waals surface area (Å²) < 4.78 is 13.6. The zero-order valence-electron chi connectivity index (χ0n) is 33.1. The molecule has 0 bridgehead atoms. The van der Waals surface area contributed by atoms with Crippen LogP contribution in [0.1, 0.15) is 0 Å². The summed E-state index contributed by atoms with van der Waals surface area (Å²) in [7, 11) is 0. The van der Waals surface area contributed by atoms with Crippen molar-refractivity contribution in [3.63, 3.8) is 0 Å². The molecule has 0 spiro atoms. The van der Waals surface area contributed by atoms with Gasteiger partial charge in [0.25, 0.3) is 0 Å². The minimum atomic E-state index is 0.529. The van der Waals surface area contributed by atoms with Crippen LogP contribution in [0.3, 0.4) is 0 Å². The monoisotopic (exact) mass is 795 g/mol. The van der Waals surface area contributed by atoms with Gasteiger partial charge in [-0.2, -0.15) is 0 Å². The van der Waals surface area contributed by atoms with E-state index in [2.05, 4.69) is 91.0 Å². The molecule has 7 heteroatoms. The molecule has 0 atom stereocenters. The van der Waals surface area contributed by atoms with E-state index in [0.29, 0.717) is 40.0 Å². The average molecular weight is 796 g/mol. The third kappa shape index (κ3) is 6.11. The smallest absolute Gasteiger partial charge is 0.180 e. The first-order valence-corrected chi connectivity index (χ1v) is 20.5. The van der Waals surface area contributed by atoms with Crippen LogP contribution in [0.2, 0.25) is 0 Å². The zero-order valence-corrected chi connectivity index (χ0v) is 33.1. The van der Waals surface area contributed by atoms with Crippen molar-refractivity contribution in [1.82, 2.24) is 24.9 Å². The Balaban J connectivity index is 0.995. The molecule has 62 heavy (non-hydrogen) atoms. The third-order valence-corrected chi connectivity index (χ3v) is 11.4. The molecule has 4 aromatic heterocycles. The first kappa shape index (κ1) is 35.4. The Kier molecular flexibility index (Phi) is 8.35. The molecule has 8 aromatic carbocycles. The maximum atomic E-state index is 6.94. The van der Waals surface area contributed by atoms with E-state index in [1.54, 1.807) is 0 Å². The topological polar surface area (TPSA) is 90.7 Å². The summed E-state index contributed by atoms with van der Waals surface area (Å²) in [5.41, 5.74) is 13.0. The van der Waals surface area contributed by atoms with E-state index in [9.17, 15) is 0 Å². The molecule has 7 nitrogen and oxygen atoms in total. The van der Waals surface area contributed by atoms with E-state index in [4.69, 9.17) is 33.8 Å². The van der Waals surface area contributed by atoms with Gasteiger partial charge in [0.05, 0.1) is 5.56 Å². The van der Waals surface area contributed by atoms with Crippen LogP contribution in [0.15, 0.2) is 209 Å². The van der Waals surface area contributed by atoms with Gasteiger partial charge in [-0.1, -0.05) is 182 Å². The van der Waals surface area contributed by atoms with E-state index in [1.165, 1.54) is 0 Å². The van der Waals surface area contributed by atoms with Crippen molar-refractivity contribution in [3.8, 4) is 79.1 Å². The predicted molar refractivity (Wildman–Crippen MR) is 248 cm³/mol. The Bertz CT molecular complexity index is 3610. The maximum Gasteiger partial charge on any atom is 0.180 e. The number of para-hydroxylation sites is 2. The molecular formula is C55H33N5O2. The quantitative estimate of drug-likeness (QED) is 0.159. The second kappa shape index (κ2) is 14.6. The van der Waals surface area contributed by atoms with Gasteiger partial charge in [0.2, 0.25) is 0 Å². The van der Waals surface area contributed by atoms with Gasteiger partial charge in [0.1, 0.15) is 28.0 Å². The molecule has 12 aromatic rings. The van der Waals surface area contributed by atoms with E-state index in [1.807, 2.05) is 109 Å². The molecule has 0 radical (unpaired) electrons. The molecule has 4 heterocycles. The normalized spacial score (nSPS) is 11.5. The minimum absolute atomic E-state index is 0.529. The summed E-state index contributed by atoms with van der Waals surface area (Å²) in [5, 5.41) is 2.87. The summed E-state index contributed by atoms with van der Waals surface area (Å²) in [4.78, 5) is 25.3. The van der Waals surface area contributed by atoms with Crippen LogP contribution in [0, 0.1) is 0 Å². The van der Waals surface area contributed by atoms with Crippen LogP contribution in [-0.2, 0) is 0 Å². The van der Waals surface area contributed by atoms with Gasteiger partial charge in [0, 0.05) is 44.0 Å². The lowest BCUT2D eigenvalue weighted by Crippen LogP contribution is -2.00. The van der Waals surface area contributed by atoms with Crippen molar-refractivity contribution in [2.75, 3.05) is 0 Å². The van der Waals surface area contributed by atoms with Crippen LogP contribution in [0.5, 0.6) is 0 Å². The summed E-state index contributed by atoms with van der Waals surface area (Å²) in [6.07, 6.45) is 0. The minimum Gasteiger partial charge on any atom is -0.455 e. The first-order valence-electron chi connectivity index (χ1n) is 20.5. The van der Waals surface area contributed by atoms with Gasteiger partial charge in [0.15, 0.2) is 28.9 Å². The molecular weight excluding hydrogens is 763 g/mol. The number of furan rings is 2. The Morgan fingerprint density at radius 2 is 0.742 bits per heavy atom. The first-order chi connectivity index (χ1) is 30.7. The number of benzene rings is 8. The molecule has 0 unspecified atom stereocenters. The number of nitrogens with zero attached hydrogens (tertiary/aromatic N) is 5. The number of hydrogen-bond acceptors (Lipinski definition) is 7. The van der Waals surface area contributed by atoms with E-state index < -0.39 is 0 Å². The summed E-state index contributed by atoms with van der Waals surface area (Å²) in [5.74, 6) is 2.34. The second-order valence-electron chi connectivity index (χ2n) is 15.2. The van der Waals surface area contributed by atoms with Crippen molar-refractivity contribution in [2.45, 2.75) is 0 Å². The van der Waals surface area contributed by atoms with Crippen molar-refractivity contribution in [2.24, 2.45) is 0 Å². The summed E-state index contributed by atoms with van der Waals surface area (Å²) in [6.45, 7) is 0. The Morgan fingerprint density at radius 1 is 0.274 bits per heavy atom. The highest BCUT2D eigenvalue weighted by Gasteiger charge is 2.22. The molecule has 0 aliphatic rings. The highest BCUT2D eigenvalue weighted by Crippen LogP contribution is 2.42. The van der Waals surface area contributed by atoms with Crippen molar-refractivity contribution < 1.29 is 8.83 Å². The molecule has 0 N–H and O–H groups in total. The van der Waals surface area contributed by atoms with E-state index in [-0.39, 0.29) is 0 Å². The predicted octanol–water partition coefficient (Wildman–Crippen LogP) is 14.1. The zero-order chi connectivity index (χ0) is 41.0. The van der Waals surface area contributed by atoms with Crippen molar-refractivity contribution in [3.05, 3.63) is 200 Å². The number of hydrogen-bond donors (Lipinski definition) is 0. The molecule has 12 rings (SSSR count). The highest BCUT2D eigenvalue weighted by molar-refractivity contribution is 6.14. The Hall–Kier alpha value is -8.55. The SMILES string of the molecule is c1ccc(-c2ccc(-c3nc(-c4ccccc4)nc(-c4cccc5c4oc4c(-c6ccc7c(c6)oc6c(-c8ccccc8)nc(-c8ccccc8)nc67)cccc45)n3)cc2)cc1. The van der Waals surface area contributed by atoms with E-state index in [0.717, 1.165) is 83.0 Å². The van der Waals surface area contributed by atoms with Crippen LogP contribution in [0.25, 0.3) is 123 Å². The molecule has 290 valence electrons. The fourth-order valence-electron chi connectivity index (χ4n) is 8.33. The second-order valence-corrected chi connectivity index (χ2v) is 15.2. The highest BCUT2D eigenvalue weighted by atomic mass is 16.3. The average Bonchev–Trinajstić information content (AvgIpc) is 3.93. The van der Waals surface area contributed by atoms with Gasteiger partial charge in [-0.3, -0.25) is 0 Å². The Labute approximate surface area is 355 Å². The van der Waals surface area contributed by atoms with Crippen LogP contribution in [-0.4, -0.2) is 24.9 Å². The number of fused-ring (bicyclic) bond motifs is 6. The van der Waals surface area contributed by atoms with Gasteiger partial charge in [-0.15, -0.1) is 0 Å². The van der Waals surface area contributed by atoms with Crippen molar-refractivity contribution >= 4 is 44.0 Å². The van der Waals surface area contributed by atoms with Crippen LogP contribution >= 0.6 is 0 Å². The lowest BCUT2D eigenvalue weighted by atomic mass is 10.0. The van der Waals surface area contributed by atoms with Gasteiger partial charge in [-0.25, -0.2) is 24.9 Å². The largest absolute Gasteiger partial charge is 0.455 e. The van der Waals surface area contributed by atoms with Crippen LogP contribution < -0.4 is 0 Å². The maximum absolute atomic E-state index is 6.94. The van der Waals surface area contributed by atoms with Gasteiger partial charge in [-0.05, 0) is 34.9 Å².